The van der Waals surface area contributed by atoms with E-state index in [0.29, 0.717) is 5.69 Å². The summed E-state index contributed by atoms with van der Waals surface area (Å²) in [4.78, 5) is 14.5. The fraction of sp³-hybridized carbons (Fsp3) is 0.600. The van der Waals surface area contributed by atoms with E-state index in [0.717, 1.165) is 39.8 Å². The van der Waals surface area contributed by atoms with E-state index in [1.807, 2.05) is 22.9 Å². The largest absolute Gasteiger partial charge is 0.354 e. The molecule has 140 valence electrons. The minimum atomic E-state index is -0.150. The SMILES string of the molecule is C1CN2CCC23CCC13.CCCn1nc(C(=O)NC)c2cc(Br)ccc21. The molecule has 2 aliphatic heterocycles. The van der Waals surface area contributed by atoms with Crippen molar-refractivity contribution < 1.29 is 4.79 Å². The quantitative estimate of drug-likeness (QED) is 0.823. The van der Waals surface area contributed by atoms with E-state index in [1.54, 1.807) is 7.05 Å². The van der Waals surface area contributed by atoms with Crippen molar-refractivity contribution in [2.24, 2.45) is 5.92 Å². The smallest absolute Gasteiger partial charge is 0.272 e. The molecule has 1 aliphatic carbocycles. The zero-order chi connectivity index (χ0) is 18.3. The number of hydrogen-bond acceptors (Lipinski definition) is 3. The summed E-state index contributed by atoms with van der Waals surface area (Å²) in [5, 5.41) is 7.87. The second-order valence-corrected chi connectivity index (χ2v) is 8.59. The Hall–Kier alpha value is -1.40. The Bertz CT molecular complexity index is 813. The Labute approximate surface area is 163 Å². The number of benzene rings is 1. The second kappa shape index (κ2) is 6.97. The molecule has 3 heterocycles. The highest BCUT2D eigenvalue weighted by molar-refractivity contribution is 9.10. The van der Waals surface area contributed by atoms with Crippen LogP contribution >= 0.6 is 15.9 Å². The summed E-state index contributed by atoms with van der Waals surface area (Å²) in [6, 6.07) is 5.87. The summed E-state index contributed by atoms with van der Waals surface area (Å²) in [5.74, 6) is 0.981. The minimum absolute atomic E-state index is 0.150. The molecule has 2 atom stereocenters. The molecule has 6 heteroatoms. The van der Waals surface area contributed by atoms with Gasteiger partial charge in [-0.3, -0.25) is 14.4 Å². The van der Waals surface area contributed by atoms with E-state index in [1.165, 1.54) is 38.8 Å². The zero-order valence-corrected chi connectivity index (χ0v) is 17.2. The number of aryl methyl sites for hydroxylation is 1. The number of carbonyl (C=O) groups excluding carboxylic acids is 1. The van der Waals surface area contributed by atoms with Gasteiger partial charge in [-0.05, 0) is 62.8 Å². The van der Waals surface area contributed by atoms with Gasteiger partial charge in [0.1, 0.15) is 0 Å². The van der Waals surface area contributed by atoms with Crippen LogP contribution in [0.3, 0.4) is 0 Å². The van der Waals surface area contributed by atoms with Gasteiger partial charge in [0.2, 0.25) is 0 Å². The molecule has 1 spiro atoms. The van der Waals surface area contributed by atoms with Crippen LogP contribution in [0.4, 0.5) is 0 Å². The fourth-order valence-corrected chi connectivity index (χ4v) is 5.22. The molecule has 1 aromatic heterocycles. The van der Waals surface area contributed by atoms with Gasteiger partial charge in [-0.25, -0.2) is 0 Å². The maximum atomic E-state index is 11.8. The van der Waals surface area contributed by atoms with Gasteiger partial charge in [0.15, 0.2) is 5.69 Å². The van der Waals surface area contributed by atoms with Crippen LogP contribution < -0.4 is 5.32 Å². The van der Waals surface area contributed by atoms with Gasteiger partial charge in [-0.15, -0.1) is 0 Å². The zero-order valence-electron chi connectivity index (χ0n) is 15.6. The van der Waals surface area contributed by atoms with E-state index in [9.17, 15) is 4.79 Å². The number of aromatic nitrogens is 2. The summed E-state index contributed by atoms with van der Waals surface area (Å²) < 4.78 is 2.83. The van der Waals surface area contributed by atoms with Crippen molar-refractivity contribution in [3.63, 3.8) is 0 Å². The van der Waals surface area contributed by atoms with Crippen LogP contribution in [-0.2, 0) is 6.54 Å². The van der Waals surface area contributed by atoms with Gasteiger partial charge in [-0.1, -0.05) is 22.9 Å². The molecule has 1 amide bonds. The Morgan fingerprint density at radius 3 is 2.73 bits per heavy atom. The molecule has 0 radical (unpaired) electrons. The summed E-state index contributed by atoms with van der Waals surface area (Å²) in [6.07, 6.45) is 7.09. The molecule has 1 N–H and O–H groups in total. The number of nitrogens with one attached hydrogen (secondary N) is 1. The van der Waals surface area contributed by atoms with Gasteiger partial charge in [-0.2, -0.15) is 5.10 Å². The average molecular weight is 419 g/mol. The lowest BCUT2D eigenvalue weighted by Gasteiger charge is -2.58. The monoisotopic (exact) mass is 418 g/mol. The first-order valence-corrected chi connectivity index (χ1v) is 10.5. The molecule has 1 saturated carbocycles. The molecule has 26 heavy (non-hydrogen) atoms. The average Bonchev–Trinajstić information content (AvgIpc) is 3.02. The van der Waals surface area contributed by atoms with Gasteiger partial charge < -0.3 is 5.32 Å². The van der Waals surface area contributed by atoms with Crippen LogP contribution in [0.1, 0.15) is 49.5 Å². The summed E-state index contributed by atoms with van der Waals surface area (Å²) >= 11 is 3.42. The van der Waals surface area contributed by atoms with Gasteiger partial charge >= 0.3 is 0 Å². The van der Waals surface area contributed by atoms with Crippen molar-refractivity contribution in [3.8, 4) is 0 Å². The first-order chi connectivity index (χ1) is 12.6. The normalized spacial score (nSPS) is 26.2. The van der Waals surface area contributed by atoms with E-state index < -0.39 is 0 Å². The lowest BCUT2D eigenvalue weighted by atomic mass is 9.62. The van der Waals surface area contributed by atoms with Gasteiger partial charge in [0.05, 0.1) is 5.52 Å². The number of nitrogens with zero attached hydrogens (tertiary/aromatic N) is 3. The molecule has 3 aliphatic rings. The Morgan fingerprint density at radius 1 is 1.35 bits per heavy atom. The number of amides is 1. The van der Waals surface area contributed by atoms with Crippen LogP contribution in [0, 0.1) is 5.92 Å². The molecule has 2 saturated heterocycles. The lowest BCUT2D eigenvalue weighted by Crippen LogP contribution is -2.63. The topological polar surface area (TPSA) is 50.2 Å². The first kappa shape index (κ1) is 18.0. The molecular weight excluding hydrogens is 392 g/mol. The van der Waals surface area contributed by atoms with Crippen molar-refractivity contribution in [1.29, 1.82) is 0 Å². The number of fused-ring (bicyclic) bond motifs is 1. The Kier molecular flexibility index (Phi) is 4.82. The van der Waals surface area contributed by atoms with Crippen LogP contribution in [0.5, 0.6) is 0 Å². The predicted octanol–water partition coefficient (Wildman–Crippen LogP) is 3.81. The number of rotatable bonds is 3. The number of carbonyl (C=O) groups is 1. The van der Waals surface area contributed by atoms with E-state index >= 15 is 0 Å². The molecule has 0 bridgehead atoms. The van der Waals surface area contributed by atoms with Crippen LogP contribution in [0.25, 0.3) is 10.9 Å². The van der Waals surface area contributed by atoms with Crippen molar-refractivity contribution >= 4 is 32.7 Å². The molecule has 1 aromatic carbocycles. The third kappa shape index (κ3) is 2.78. The molecule has 5 nitrogen and oxygen atoms in total. The summed E-state index contributed by atoms with van der Waals surface area (Å²) in [7, 11) is 1.62. The fourth-order valence-electron chi connectivity index (χ4n) is 4.86. The molecular formula is C20H27BrN4O. The van der Waals surface area contributed by atoms with Crippen molar-refractivity contribution in [3.05, 3.63) is 28.4 Å². The molecule has 2 unspecified atom stereocenters. The van der Waals surface area contributed by atoms with Crippen molar-refractivity contribution in [2.75, 3.05) is 20.1 Å². The van der Waals surface area contributed by atoms with E-state index in [-0.39, 0.29) is 5.91 Å². The number of halogens is 1. The molecule has 3 fully saturated rings. The summed E-state index contributed by atoms with van der Waals surface area (Å²) in [5.41, 5.74) is 2.28. The summed E-state index contributed by atoms with van der Waals surface area (Å²) in [6.45, 7) is 5.74. The highest BCUT2D eigenvalue weighted by Gasteiger charge is 2.59. The highest BCUT2D eigenvalue weighted by atomic mass is 79.9. The lowest BCUT2D eigenvalue weighted by molar-refractivity contribution is -0.0659. The third-order valence-electron chi connectivity index (χ3n) is 6.47. The second-order valence-electron chi connectivity index (χ2n) is 7.68. The highest BCUT2D eigenvalue weighted by Crippen LogP contribution is 2.57. The van der Waals surface area contributed by atoms with Gasteiger partial charge in [0, 0.05) is 35.5 Å². The predicted molar refractivity (Wildman–Crippen MR) is 107 cm³/mol. The van der Waals surface area contributed by atoms with Crippen LogP contribution in [0.2, 0.25) is 0 Å². The minimum Gasteiger partial charge on any atom is -0.354 e. The Balaban J connectivity index is 0.000000154. The first-order valence-electron chi connectivity index (χ1n) is 9.72. The van der Waals surface area contributed by atoms with Crippen molar-refractivity contribution in [2.45, 2.75) is 51.1 Å². The Morgan fingerprint density at radius 2 is 2.19 bits per heavy atom. The van der Waals surface area contributed by atoms with Crippen molar-refractivity contribution in [1.82, 2.24) is 20.0 Å². The van der Waals surface area contributed by atoms with Crippen LogP contribution in [0.15, 0.2) is 22.7 Å². The standard InChI is InChI=1S/C12H14BrN3O.C8H13N/c1-3-6-16-10-5-4-8(13)7-9(10)11(15-16)12(17)14-2;1-3-8-4-6-9(8)5-2-7(1)8/h4-5,7H,3,6H2,1-2H3,(H,14,17);7H,1-6H2. The molecule has 2 aromatic rings. The van der Waals surface area contributed by atoms with Crippen LogP contribution in [-0.4, -0.2) is 46.3 Å². The van der Waals surface area contributed by atoms with Gasteiger partial charge in [0.25, 0.3) is 5.91 Å². The number of hydrogen-bond donors (Lipinski definition) is 1. The third-order valence-corrected chi connectivity index (χ3v) is 6.96. The maximum absolute atomic E-state index is 11.8. The maximum Gasteiger partial charge on any atom is 0.272 e. The van der Waals surface area contributed by atoms with E-state index in [4.69, 9.17) is 0 Å². The molecule has 5 rings (SSSR count). The van der Waals surface area contributed by atoms with E-state index in [2.05, 4.69) is 38.2 Å².